The third kappa shape index (κ3) is 2.53. The summed E-state index contributed by atoms with van der Waals surface area (Å²) >= 11 is 1.44. The van der Waals surface area contributed by atoms with E-state index in [1.54, 1.807) is 24.3 Å². The first-order valence-electron chi connectivity index (χ1n) is 8.18. The van der Waals surface area contributed by atoms with Gasteiger partial charge in [0.15, 0.2) is 16.6 Å². The average molecular weight is 371 g/mol. The van der Waals surface area contributed by atoms with Crippen molar-refractivity contribution in [3.63, 3.8) is 0 Å². The molecule has 132 valence electrons. The molecule has 0 atom stereocenters. The lowest BCUT2D eigenvalue weighted by Crippen LogP contribution is -2.52. The van der Waals surface area contributed by atoms with E-state index in [-0.39, 0.29) is 24.4 Å². The van der Waals surface area contributed by atoms with Gasteiger partial charge in [-0.05, 0) is 24.3 Å². The first-order valence-corrected chi connectivity index (χ1v) is 8.99. The molecule has 8 heteroatoms. The Bertz CT molecular complexity index is 1020. The van der Waals surface area contributed by atoms with E-state index in [4.69, 9.17) is 9.47 Å². The van der Waals surface area contributed by atoms with Crippen molar-refractivity contribution in [2.24, 2.45) is 5.92 Å². The van der Waals surface area contributed by atoms with E-state index >= 15 is 0 Å². The summed E-state index contributed by atoms with van der Waals surface area (Å²) in [6, 6.07) is 10.3. The molecular formula is C18H14FN3O3S. The Morgan fingerprint density at radius 2 is 2.08 bits per heavy atom. The molecule has 1 amide bonds. The standard InChI is InChI=1S/C18H14FN3O3S/c19-12-2-1-3-15-16(12)21-18(26-15)22-7-10(8-22)17(23)20-11-4-5-13-14(6-11)25-9-24-13/h1-6,10H,7-9H2,(H,20,23). The molecule has 2 aliphatic rings. The van der Waals surface area contributed by atoms with Gasteiger partial charge in [-0.2, -0.15) is 0 Å². The number of nitrogens with zero attached hydrogens (tertiary/aromatic N) is 2. The molecule has 6 nitrogen and oxygen atoms in total. The molecule has 0 unspecified atom stereocenters. The number of carbonyl (C=O) groups is 1. The Kier molecular flexibility index (Phi) is 3.46. The lowest BCUT2D eigenvalue weighted by Gasteiger charge is -2.37. The number of anilines is 2. The summed E-state index contributed by atoms with van der Waals surface area (Å²) in [5.41, 5.74) is 1.07. The van der Waals surface area contributed by atoms with Crippen LogP contribution in [0.4, 0.5) is 15.2 Å². The highest BCUT2D eigenvalue weighted by Gasteiger charge is 2.34. The van der Waals surface area contributed by atoms with Gasteiger partial charge in [-0.25, -0.2) is 9.37 Å². The van der Waals surface area contributed by atoms with Crippen molar-refractivity contribution in [3.8, 4) is 11.5 Å². The number of rotatable bonds is 3. The van der Waals surface area contributed by atoms with Gasteiger partial charge in [0, 0.05) is 24.8 Å². The predicted octanol–water partition coefficient (Wildman–Crippen LogP) is 3.24. The number of carbonyl (C=O) groups excluding carboxylic acids is 1. The highest BCUT2D eigenvalue weighted by molar-refractivity contribution is 7.22. The number of para-hydroxylation sites is 1. The molecule has 0 spiro atoms. The van der Waals surface area contributed by atoms with Crippen LogP contribution in [0.25, 0.3) is 10.2 Å². The van der Waals surface area contributed by atoms with Crippen LogP contribution in [0, 0.1) is 11.7 Å². The van der Waals surface area contributed by atoms with Crippen LogP contribution in [0.1, 0.15) is 0 Å². The normalized spacial score (nSPS) is 16.0. The van der Waals surface area contributed by atoms with Gasteiger partial charge >= 0.3 is 0 Å². The zero-order valence-corrected chi connectivity index (χ0v) is 14.4. The summed E-state index contributed by atoms with van der Waals surface area (Å²) in [6.07, 6.45) is 0. The van der Waals surface area contributed by atoms with Gasteiger partial charge in [0.2, 0.25) is 12.7 Å². The van der Waals surface area contributed by atoms with E-state index in [1.165, 1.54) is 17.4 Å². The van der Waals surface area contributed by atoms with Gasteiger partial charge in [-0.15, -0.1) is 0 Å². The first kappa shape index (κ1) is 15.4. The minimum Gasteiger partial charge on any atom is -0.454 e. The zero-order chi connectivity index (χ0) is 17.7. The maximum Gasteiger partial charge on any atom is 0.231 e. The van der Waals surface area contributed by atoms with Crippen LogP contribution in [0.3, 0.4) is 0 Å². The molecule has 0 saturated carbocycles. The number of fused-ring (bicyclic) bond motifs is 2. The van der Waals surface area contributed by atoms with Crippen molar-refractivity contribution in [3.05, 3.63) is 42.2 Å². The number of hydrogen-bond donors (Lipinski definition) is 1. The second-order valence-corrected chi connectivity index (χ2v) is 7.25. The number of amides is 1. The van der Waals surface area contributed by atoms with Crippen LogP contribution in [0.5, 0.6) is 11.5 Å². The molecule has 1 saturated heterocycles. The third-order valence-corrected chi connectivity index (χ3v) is 5.60. The van der Waals surface area contributed by atoms with Crippen LogP contribution in [-0.4, -0.2) is 30.8 Å². The summed E-state index contributed by atoms with van der Waals surface area (Å²) in [5.74, 6) is 0.822. The molecule has 1 fully saturated rings. The maximum absolute atomic E-state index is 13.8. The van der Waals surface area contributed by atoms with Gasteiger partial charge in [-0.1, -0.05) is 17.4 Å². The molecule has 2 aromatic carbocycles. The molecule has 0 aliphatic carbocycles. The maximum atomic E-state index is 13.8. The fourth-order valence-electron chi connectivity index (χ4n) is 3.06. The first-order chi connectivity index (χ1) is 12.7. The molecule has 26 heavy (non-hydrogen) atoms. The summed E-state index contributed by atoms with van der Waals surface area (Å²) in [5, 5.41) is 3.65. The van der Waals surface area contributed by atoms with E-state index in [1.807, 2.05) is 11.0 Å². The fourth-order valence-corrected chi connectivity index (χ4v) is 4.06. The van der Waals surface area contributed by atoms with Crippen LogP contribution in [0.15, 0.2) is 36.4 Å². The number of nitrogens with one attached hydrogen (secondary N) is 1. The summed E-state index contributed by atoms with van der Waals surface area (Å²) < 4.78 is 25.2. The highest BCUT2D eigenvalue weighted by atomic mass is 32.1. The third-order valence-electron chi connectivity index (χ3n) is 4.52. The second kappa shape index (κ2) is 5.84. The van der Waals surface area contributed by atoms with E-state index < -0.39 is 0 Å². The minimum atomic E-state index is -0.317. The quantitative estimate of drug-likeness (QED) is 0.766. The molecular weight excluding hydrogens is 357 g/mol. The van der Waals surface area contributed by atoms with Crippen molar-refractivity contribution in [1.82, 2.24) is 4.98 Å². The van der Waals surface area contributed by atoms with Gasteiger partial charge in [0.05, 0.1) is 10.6 Å². The summed E-state index contributed by atoms with van der Waals surface area (Å²) in [6.45, 7) is 1.34. The van der Waals surface area contributed by atoms with Gasteiger partial charge in [0.1, 0.15) is 11.3 Å². The topological polar surface area (TPSA) is 63.7 Å². The van der Waals surface area contributed by atoms with Gasteiger partial charge in [-0.3, -0.25) is 4.79 Å². The van der Waals surface area contributed by atoms with E-state index in [9.17, 15) is 9.18 Å². The largest absolute Gasteiger partial charge is 0.454 e. The van der Waals surface area contributed by atoms with Crippen LogP contribution >= 0.6 is 11.3 Å². The molecule has 2 aliphatic heterocycles. The number of aromatic nitrogens is 1. The molecule has 3 heterocycles. The SMILES string of the molecule is O=C(Nc1ccc2c(c1)OCO2)C1CN(c2nc3c(F)cccc3s2)C1. The average Bonchev–Trinajstić information content (AvgIpc) is 3.20. The second-order valence-electron chi connectivity index (χ2n) is 6.24. The molecule has 3 aromatic rings. The lowest BCUT2D eigenvalue weighted by molar-refractivity contribution is -0.120. The van der Waals surface area contributed by atoms with Crippen molar-refractivity contribution < 1.29 is 18.7 Å². The molecule has 1 N–H and O–H groups in total. The van der Waals surface area contributed by atoms with Crippen LogP contribution in [-0.2, 0) is 4.79 Å². The van der Waals surface area contributed by atoms with Crippen molar-refractivity contribution in [2.75, 3.05) is 30.1 Å². The Labute approximate surface area is 152 Å². The number of thiazole rings is 1. The Morgan fingerprint density at radius 3 is 2.92 bits per heavy atom. The van der Waals surface area contributed by atoms with Gasteiger partial charge in [0.25, 0.3) is 0 Å². The number of ether oxygens (including phenoxy) is 2. The number of halogens is 1. The molecule has 5 rings (SSSR count). The van der Waals surface area contributed by atoms with Crippen molar-refractivity contribution in [1.29, 1.82) is 0 Å². The number of hydrogen-bond acceptors (Lipinski definition) is 6. The van der Waals surface area contributed by atoms with E-state index in [0.717, 1.165) is 9.83 Å². The highest BCUT2D eigenvalue weighted by Crippen LogP contribution is 2.36. The predicted molar refractivity (Wildman–Crippen MR) is 96.5 cm³/mol. The van der Waals surface area contributed by atoms with Crippen LogP contribution < -0.4 is 19.7 Å². The summed E-state index contributed by atoms with van der Waals surface area (Å²) in [4.78, 5) is 18.8. The van der Waals surface area contributed by atoms with Crippen LogP contribution in [0.2, 0.25) is 0 Å². The lowest BCUT2D eigenvalue weighted by atomic mass is 10.00. The van der Waals surface area contributed by atoms with Crippen molar-refractivity contribution in [2.45, 2.75) is 0 Å². The smallest absolute Gasteiger partial charge is 0.231 e. The summed E-state index contributed by atoms with van der Waals surface area (Å²) in [7, 11) is 0. The Hall–Kier alpha value is -2.87. The van der Waals surface area contributed by atoms with E-state index in [0.29, 0.717) is 35.8 Å². The Morgan fingerprint density at radius 1 is 1.23 bits per heavy atom. The van der Waals surface area contributed by atoms with Gasteiger partial charge < -0.3 is 19.7 Å². The minimum absolute atomic E-state index is 0.0487. The molecule has 0 radical (unpaired) electrons. The van der Waals surface area contributed by atoms with Crippen molar-refractivity contribution >= 4 is 38.3 Å². The monoisotopic (exact) mass is 371 g/mol. The van der Waals surface area contributed by atoms with E-state index in [2.05, 4.69) is 10.3 Å². The molecule has 0 bridgehead atoms. The Balaban J connectivity index is 1.24. The zero-order valence-electron chi connectivity index (χ0n) is 13.6. The molecule has 1 aromatic heterocycles. The fraction of sp³-hybridized carbons (Fsp3) is 0.222. The number of benzene rings is 2.